The van der Waals surface area contributed by atoms with Crippen molar-refractivity contribution in [3.63, 3.8) is 0 Å². The summed E-state index contributed by atoms with van der Waals surface area (Å²) >= 11 is 0. The van der Waals surface area contributed by atoms with Gasteiger partial charge in [0.25, 0.3) is 0 Å². The van der Waals surface area contributed by atoms with Crippen molar-refractivity contribution in [2.75, 3.05) is 0 Å². The summed E-state index contributed by atoms with van der Waals surface area (Å²) in [6.45, 7) is 4.13. The average Bonchev–Trinajstić information content (AvgIpc) is 1.74. The summed E-state index contributed by atoms with van der Waals surface area (Å²) in [5, 5.41) is 15.7. The molecule has 80 valence electrons. The highest BCUT2D eigenvalue weighted by molar-refractivity contribution is 5.83. The van der Waals surface area contributed by atoms with Crippen LogP contribution in [-0.4, -0.2) is 17.2 Å². The summed E-state index contributed by atoms with van der Waals surface area (Å²) in [4.78, 5) is 10.2. The van der Waals surface area contributed by atoms with E-state index in [2.05, 4.69) is 18.6 Å². The van der Waals surface area contributed by atoms with Crippen LogP contribution in [0.2, 0.25) is 0 Å². The van der Waals surface area contributed by atoms with Crippen molar-refractivity contribution in [2.45, 2.75) is 39.5 Å². The molecule has 0 unspecified atom stereocenters. The summed E-state index contributed by atoms with van der Waals surface area (Å²) in [5.74, 6) is 0.467. The van der Waals surface area contributed by atoms with Crippen molar-refractivity contribution in [3.8, 4) is 0 Å². The van der Waals surface area contributed by atoms with Crippen LogP contribution >= 0.6 is 0 Å². The molecule has 0 amide bonds. The van der Waals surface area contributed by atoms with Gasteiger partial charge in [-0.25, -0.2) is 4.79 Å². The van der Waals surface area contributed by atoms with Crippen LogP contribution < -0.4 is 0 Å². The molecule has 4 nitrogen and oxygen atoms in total. The molecule has 1 aliphatic rings. The highest BCUT2D eigenvalue weighted by atomic mass is 16.7. The molecule has 0 aromatic rings. The molecule has 14 heavy (non-hydrogen) atoms. The fraction of sp³-hybridized carbons (Fsp3) is 0.800. The van der Waals surface area contributed by atoms with E-state index in [1.165, 1.54) is 19.3 Å². The Labute approximate surface area is 83.8 Å². The van der Waals surface area contributed by atoms with Crippen molar-refractivity contribution in [2.24, 2.45) is 11.3 Å². The lowest BCUT2D eigenvalue weighted by molar-refractivity contribution is 0.111. The van der Waals surface area contributed by atoms with Gasteiger partial charge in [-0.15, -0.1) is 0 Å². The quantitative estimate of drug-likeness (QED) is 0.417. The first-order chi connectivity index (χ1) is 6.42. The van der Waals surface area contributed by atoms with Crippen LogP contribution in [0.1, 0.15) is 39.5 Å². The molecule has 0 aromatic carbocycles. The van der Waals surface area contributed by atoms with Crippen LogP contribution in [0.3, 0.4) is 0 Å². The van der Waals surface area contributed by atoms with Crippen molar-refractivity contribution < 1.29 is 14.6 Å². The zero-order chi connectivity index (χ0) is 10.8. The Balaban J connectivity index is 2.41. The van der Waals surface area contributed by atoms with Crippen molar-refractivity contribution >= 4 is 12.1 Å². The first-order valence-corrected chi connectivity index (χ1v) is 4.90. The van der Waals surface area contributed by atoms with E-state index in [-0.39, 0.29) is 11.3 Å². The Hall–Kier alpha value is -1.06. The van der Waals surface area contributed by atoms with E-state index in [0.29, 0.717) is 12.3 Å². The number of hydrogen-bond acceptors (Lipinski definition) is 3. The number of carbonyl (C=O) groups is 1. The van der Waals surface area contributed by atoms with E-state index in [0.717, 1.165) is 0 Å². The third kappa shape index (κ3) is 2.72. The van der Waals surface area contributed by atoms with Gasteiger partial charge < -0.3 is 9.84 Å². The third-order valence-corrected chi connectivity index (χ3v) is 3.04. The second-order valence-electron chi connectivity index (χ2n) is 4.58. The predicted molar refractivity (Wildman–Crippen MR) is 52.6 cm³/mol. The van der Waals surface area contributed by atoms with Gasteiger partial charge in [0.1, 0.15) is 0 Å². The summed E-state index contributed by atoms with van der Waals surface area (Å²) in [7, 11) is 0. The van der Waals surface area contributed by atoms with Crippen molar-refractivity contribution in [1.29, 1.82) is 5.41 Å². The largest absolute Gasteiger partial charge is 0.512 e. The minimum Gasteiger partial charge on any atom is -0.449 e. The maximum absolute atomic E-state index is 10.2. The molecule has 1 aliphatic carbocycles. The summed E-state index contributed by atoms with van der Waals surface area (Å²) < 4.78 is 4.30. The van der Waals surface area contributed by atoms with Gasteiger partial charge in [-0.05, 0) is 24.2 Å². The lowest BCUT2D eigenvalue weighted by Crippen LogP contribution is -2.32. The maximum atomic E-state index is 10.2. The predicted octanol–water partition coefficient (Wildman–Crippen LogP) is 2.87. The Morgan fingerprint density at radius 1 is 1.57 bits per heavy atom. The molecular formula is C10H17NO3. The summed E-state index contributed by atoms with van der Waals surface area (Å²) in [6, 6.07) is 0. The van der Waals surface area contributed by atoms with Crippen molar-refractivity contribution in [3.05, 3.63) is 0 Å². The van der Waals surface area contributed by atoms with Crippen LogP contribution in [0.25, 0.3) is 0 Å². The second-order valence-corrected chi connectivity index (χ2v) is 4.58. The normalized spacial score (nSPS) is 17.3. The van der Waals surface area contributed by atoms with Gasteiger partial charge in [-0.1, -0.05) is 20.3 Å². The molecule has 0 aliphatic heterocycles. The molecule has 0 spiro atoms. The van der Waals surface area contributed by atoms with Gasteiger partial charge in [-0.3, -0.25) is 5.41 Å². The van der Waals surface area contributed by atoms with Gasteiger partial charge in [0.15, 0.2) is 5.90 Å². The minimum absolute atomic E-state index is 0.00914. The lowest BCUT2D eigenvalue weighted by Gasteiger charge is -2.40. The van der Waals surface area contributed by atoms with Crippen LogP contribution in [0.5, 0.6) is 0 Å². The number of carboxylic acid groups (broad SMARTS) is 1. The van der Waals surface area contributed by atoms with Crippen LogP contribution in [0, 0.1) is 16.7 Å². The van der Waals surface area contributed by atoms with E-state index >= 15 is 0 Å². The van der Waals surface area contributed by atoms with Gasteiger partial charge >= 0.3 is 6.16 Å². The first kappa shape index (κ1) is 11.0. The van der Waals surface area contributed by atoms with E-state index < -0.39 is 6.16 Å². The van der Waals surface area contributed by atoms with Gasteiger partial charge in [0.2, 0.25) is 0 Å². The SMILES string of the molecule is CC(C)(CC(=N)OC(=O)O)C1CCC1. The Morgan fingerprint density at radius 3 is 2.50 bits per heavy atom. The number of rotatable bonds is 3. The highest BCUT2D eigenvalue weighted by Gasteiger charge is 2.35. The highest BCUT2D eigenvalue weighted by Crippen LogP contribution is 2.43. The van der Waals surface area contributed by atoms with Crippen molar-refractivity contribution in [1.82, 2.24) is 0 Å². The fourth-order valence-electron chi connectivity index (χ4n) is 1.89. The van der Waals surface area contributed by atoms with Gasteiger partial charge in [0, 0.05) is 6.42 Å². The van der Waals surface area contributed by atoms with E-state index in [1.807, 2.05) is 0 Å². The first-order valence-electron chi connectivity index (χ1n) is 4.90. The van der Waals surface area contributed by atoms with Gasteiger partial charge in [-0.2, -0.15) is 0 Å². The standard InChI is InChI=1S/C10H17NO3/c1-10(2,7-4-3-5-7)6-8(11)14-9(12)13/h7,11H,3-6H2,1-2H3,(H,12,13). The second kappa shape index (κ2) is 3.98. The smallest absolute Gasteiger partial charge is 0.449 e. The molecule has 0 heterocycles. The molecule has 0 atom stereocenters. The zero-order valence-corrected chi connectivity index (χ0v) is 8.67. The Bertz CT molecular complexity index is 244. The lowest BCUT2D eigenvalue weighted by atomic mass is 9.66. The van der Waals surface area contributed by atoms with Gasteiger partial charge in [0.05, 0.1) is 0 Å². The van der Waals surface area contributed by atoms with Crippen LogP contribution in [-0.2, 0) is 4.74 Å². The van der Waals surface area contributed by atoms with E-state index in [1.54, 1.807) is 0 Å². The topological polar surface area (TPSA) is 70.4 Å². The molecule has 1 fully saturated rings. The Morgan fingerprint density at radius 2 is 2.14 bits per heavy atom. The number of ether oxygens (including phenoxy) is 1. The zero-order valence-electron chi connectivity index (χ0n) is 8.67. The molecule has 1 saturated carbocycles. The van der Waals surface area contributed by atoms with E-state index in [9.17, 15) is 4.79 Å². The molecule has 4 heteroatoms. The number of nitrogens with one attached hydrogen (secondary N) is 1. The van der Waals surface area contributed by atoms with Crippen LogP contribution in [0.4, 0.5) is 4.79 Å². The molecule has 0 saturated heterocycles. The molecule has 0 radical (unpaired) electrons. The average molecular weight is 199 g/mol. The molecule has 2 N–H and O–H groups in total. The molecule has 1 rings (SSSR count). The van der Waals surface area contributed by atoms with E-state index in [4.69, 9.17) is 10.5 Å². The number of hydrogen-bond donors (Lipinski definition) is 2. The summed E-state index contributed by atoms with van der Waals surface area (Å²) in [5.41, 5.74) is -0.00914. The minimum atomic E-state index is -1.39. The summed E-state index contributed by atoms with van der Waals surface area (Å²) in [6.07, 6.45) is 2.64. The molecular weight excluding hydrogens is 182 g/mol. The fourth-order valence-corrected chi connectivity index (χ4v) is 1.89. The monoisotopic (exact) mass is 199 g/mol. The molecule has 0 aromatic heterocycles. The van der Waals surface area contributed by atoms with Crippen LogP contribution in [0.15, 0.2) is 0 Å². The maximum Gasteiger partial charge on any atom is 0.512 e. The molecule has 0 bridgehead atoms. The third-order valence-electron chi connectivity index (χ3n) is 3.04. The Kier molecular flexibility index (Phi) is 3.13.